The molecule has 1 N–H and O–H groups in total. The standard InChI is InChI=1S/C31H23Cl2F7N2O2/c1-18-8-9-19(25(33)12-18)16-28(26-11-10-23(32)17-41-26,21-13-22(30(35,36)37)15-24(34)14-21)42-27(43)29(44-2,31(38,39)40)20-6-4-3-5-7-20/h3-15,17H,16H2,1-2H3,(H,42,43)/t28-,29+/m1/s1. The largest absolute Gasteiger partial charge is 0.430 e. The number of nitrogens with one attached hydrogen (secondary N) is 1. The number of nitrogens with zero attached hydrogens (tertiary/aromatic N) is 1. The quantitative estimate of drug-likeness (QED) is 0.193. The number of alkyl halides is 6. The number of hydrogen-bond acceptors (Lipinski definition) is 3. The Balaban J connectivity index is 2.09. The van der Waals surface area contributed by atoms with Crippen molar-refractivity contribution in [2.75, 3.05) is 7.11 Å². The SMILES string of the molecule is CO[C@](C(=O)N[C@](Cc1ccc(C)cc1Cl)(c1cc(F)cc(C(F)(F)F)c1)c1ccc(Cl)cn1)(c1ccccc1)C(F)(F)F. The minimum Gasteiger partial charge on any atom is -0.356 e. The average molecular weight is 659 g/mol. The summed E-state index contributed by atoms with van der Waals surface area (Å²) in [5.41, 5.74) is -8.03. The van der Waals surface area contributed by atoms with E-state index in [1.54, 1.807) is 13.0 Å². The topological polar surface area (TPSA) is 51.2 Å². The summed E-state index contributed by atoms with van der Waals surface area (Å²) in [5.74, 6) is -3.18. The normalized spacial score (nSPS) is 14.9. The first-order chi connectivity index (χ1) is 20.5. The van der Waals surface area contributed by atoms with Crippen LogP contribution in [0.4, 0.5) is 30.7 Å². The molecule has 0 unspecified atom stereocenters. The van der Waals surface area contributed by atoms with E-state index in [1.807, 2.05) is 0 Å². The molecule has 232 valence electrons. The summed E-state index contributed by atoms with van der Waals surface area (Å²) in [7, 11) is 0.670. The third-order valence-corrected chi connectivity index (χ3v) is 7.65. The van der Waals surface area contributed by atoms with E-state index in [-0.39, 0.29) is 27.4 Å². The lowest BCUT2D eigenvalue weighted by atomic mass is 9.78. The van der Waals surface area contributed by atoms with Crippen LogP contribution in [0.15, 0.2) is 85.1 Å². The maximum atomic E-state index is 14.9. The van der Waals surface area contributed by atoms with Gasteiger partial charge < -0.3 is 10.1 Å². The summed E-state index contributed by atoms with van der Waals surface area (Å²) >= 11 is 12.5. The molecule has 44 heavy (non-hydrogen) atoms. The molecule has 4 rings (SSSR count). The lowest BCUT2D eigenvalue weighted by molar-refractivity contribution is -0.266. The van der Waals surface area contributed by atoms with E-state index >= 15 is 0 Å². The smallest absolute Gasteiger partial charge is 0.356 e. The zero-order valence-corrected chi connectivity index (χ0v) is 24.5. The average Bonchev–Trinajstić information content (AvgIpc) is 2.94. The fourth-order valence-corrected chi connectivity index (χ4v) is 5.35. The van der Waals surface area contributed by atoms with Gasteiger partial charge in [0.25, 0.3) is 11.5 Å². The molecule has 0 saturated heterocycles. The molecule has 2 atom stereocenters. The number of methoxy groups -OCH3 is 1. The fourth-order valence-electron chi connectivity index (χ4n) is 4.93. The Morgan fingerprint density at radius 2 is 1.52 bits per heavy atom. The monoisotopic (exact) mass is 658 g/mol. The van der Waals surface area contributed by atoms with Crippen LogP contribution in [0, 0.1) is 12.7 Å². The summed E-state index contributed by atoms with van der Waals surface area (Å²) in [4.78, 5) is 18.3. The van der Waals surface area contributed by atoms with Crippen molar-refractivity contribution in [3.05, 3.63) is 134 Å². The second kappa shape index (κ2) is 12.4. The third-order valence-electron chi connectivity index (χ3n) is 7.08. The summed E-state index contributed by atoms with van der Waals surface area (Å²) in [6.45, 7) is 1.71. The number of benzene rings is 3. The zero-order chi connectivity index (χ0) is 32.5. The Bertz CT molecular complexity index is 1650. The van der Waals surface area contributed by atoms with Gasteiger partial charge in [0, 0.05) is 30.3 Å². The van der Waals surface area contributed by atoms with E-state index in [4.69, 9.17) is 27.9 Å². The lowest BCUT2D eigenvalue weighted by Crippen LogP contribution is -2.61. The first-order valence-electron chi connectivity index (χ1n) is 12.8. The molecule has 0 aliphatic carbocycles. The summed E-state index contributed by atoms with van der Waals surface area (Å²) in [6, 6.07) is 14.5. The van der Waals surface area contributed by atoms with Gasteiger partial charge in [-0.2, -0.15) is 26.3 Å². The molecule has 0 spiro atoms. The predicted octanol–water partition coefficient (Wildman–Crippen LogP) is 8.56. The number of aromatic nitrogens is 1. The maximum absolute atomic E-state index is 14.9. The van der Waals surface area contributed by atoms with Gasteiger partial charge in [-0.25, -0.2) is 4.39 Å². The van der Waals surface area contributed by atoms with Crippen molar-refractivity contribution in [1.29, 1.82) is 0 Å². The molecule has 4 nitrogen and oxygen atoms in total. The molecule has 1 amide bonds. The molecule has 3 aromatic carbocycles. The maximum Gasteiger partial charge on any atom is 0.430 e. The summed E-state index contributed by atoms with van der Waals surface area (Å²) in [6.07, 6.45) is -9.91. The van der Waals surface area contributed by atoms with Crippen LogP contribution in [-0.4, -0.2) is 24.2 Å². The third kappa shape index (κ3) is 6.40. The molecule has 0 radical (unpaired) electrons. The number of ether oxygens (including phenoxy) is 1. The Morgan fingerprint density at radius 3 is 2.07 bits per heavy atom. The van der Waals surface area contributed by atoms with E-state index < -0.39 is 58.3 Å². The van der Waals surface area contributed by atoms with Crippen molar-refractivity contribution in [2.45, 2.75) is 36.8 Å². The predicted molar refractivity (Wildman–Crippen MR) is 151 cm³/mol. The molecule has 0 fully saturated rings. The number of halogens is 9. The fraction of sp³-hybridized carbons (Fsp3) is 0.226. The molecule has 13 heteroatoms. The zero-order valence-electron chi connectivity index (χ0n) is 23.0. The van der Waals surface area contributed by atoms with Crippen molar-refractivity contribution in [3.63, 3.8) is 0 Å². The van der Waals surface area contributed by atoms with Crippen molar-refractivity contribution < 1.29 is 40.3 Å². The number of carbonyl (C=O) groups excluding carboxylic acids is 1. The van der Waals surface area contributed by atoms with Crippen molar-refractivity contribution in [3.8, 4) is 0 Å². The van der Waals surface area contributed by atoms with Crippen molar-refractivity contribution in [1.82, 2.24) is 10.3 Å². The van der Waals surface area contributed by atoms with E-state index in [2.05, 4.69) is 10.3 Å². The Morgan fingerprint density at radius 1 is 0.864 bits per heavy atom. The van der Waals surface area contributed by atoms with Gasteiger partial charge in [0.15, 0.2) is 0 Å². The highest BCUT2D eigenvalue weighted by Gasteiger charge is 2.64. The second-order valence-electron chi connectivity index (χ2n) is 9.97. The Kier molecular flexibility index (Phi) is 9.35. The first kappa shape index (κ1) is 33.2. The summed E-state index contributed by atoms with van der Waals surface area (Å²) < 4.78 is 106. The molecule has 0 aliphatic rings. The molecule has 1 aromatic heterocycles. The highest BCUT2D eigenvalue weighted by molar-refractivity contribution is 6.31. The lowest BCUT2D eigenvalue weighted by Gasteiger charge is -2.40. The van der Waals surface area contributed by atoms with Gasteiger partial charge in [-0.15, -0.1) is 0 Å². The van der Waals surface area contributed by atoms with Crippen molar-refractivity contribution >= 4 is 29.1 Å². The number of rotatable bonds is 8. The van der Waals surface area contributed by atoms with Gasteiger partial charge in [0.2, 0.25) is 0 Å². The Labute approximate surface area is 257 Å². The van der Waals surface area contributed by atoms with Gasteiger partial charge in [-0.3, -0.25) is 9.78 Å². The molecule has 1 heterocycles. The van der Waals surface area contributed by atoms with Gasteiger partial charge in [-0.05, 0) is 60.0 Å². The van der Waals surface area contributed by atoms with Crippen LogP contribution in [-0.2, 0) is 33.3 Å². The molecule has 0 saturated carbocycles. The molecule has 0 aliphatic heterocycles. The first-order valence-corrected chi connectivity index (χ1v) is 13.5. The Hall–Kier alpha value is -3.67. The van der Waals surface area contributed by atoms with Crippen molar-refractivity contribution in [2.24, 2.45) is 0 Å². The minimum atomic E-state index is -5.38. The van der Waals surface area contributed by atoms with Gasteiger partial charge in [-0.1, -0.05) is 65.7 Å². The van der Waals surface area contributed by atoms with Gasteiger partial charge >= 0.3 is 12.4 Å². The van der Waals surface area contributed by atoms with E-state index in [1.165, 1.54) is 42.5 Å². The van der Waals surface area contributed by atoms with Crippen LogP contribution in [0.5, 0.6) is 0 Å². The minimum absolute atomic E-state index is 0.0726. The number of hydrogen-bond donors (Lipinski definition) is 1. The van der Waals surface area contributed by atoms with Crippen LogP contribution in [0.2, 0.25) is 10.0 Å². The molecular formula is C31H23Cl2F7N2O2. The van der Waals surface area contributed by atoms with Crippen LogP contribution in [0.25, 0.3) is 0 Å². The second-order valence-corrected chi connectivity index (χ2v) is 10.8. The van der Waals surface area contributed by atoms with Crippen LogP contribution < -0.4 is 5.32 Å². The molecule has 4 aromatic rings. The highest BCUT2D eigenvalue weighted by atomic mass is 35.5. The molecule has 0 bridgehead atoms. The number of carbonyl (C=O) groups is 1. The number of amides is 1. The van der Waals surface area contributed by atoms with Crippen LogP contribution in [0.3, 0.4) is 0 Å². The van der Waals surface area contributed by atoms with Crippen LogP contribution in [0.1, 0.15) is 33.5 Å². The highest BCUT2D eigenvalue weighted by Crippen LogP contribution is 2.45. The molecular weight excluding hydrogens is 636 g/mol. The van der Waals surface area contributed by atoms with E-state index in [0.29, 0.717) is 24.8 Å². The van der Waals surface area contributed by atoms with E-state index in [9.17, 15) is 35.5 Å². The number of pyridine rings is 1. The van der Waals surface area contributed by atoms with Gasteiger partial charge in [0.1, 0.15) is 11.4 Å². The number of aryl methyl sites for hydroxylation is 1. The van der Waals surface area contributed by atoms with E-state index in [0.717, 1.165) is 18.3 Å². The van der Waals surface area contributed by atoms with Gasteiger partial charge in [0.05, 0.1) is 16.3 Å². The summed E-state index contributed by atoms with van der Waals surface area (Å²) in [5, 5.41) is 2.45. The van der Waals surface area contributed by atoms with Crippen LogP contribution >= 0.6 is 23.2 Å².